The fraction of sp³-hybridized carbons (Fsp3) is 0. The van der Waals surface area contributed by atoms with Gasteiger partial charge in [0.05, 0.1) is 10.7 Å². The van der Waals surface area contributed by atoms with Gasteiger partial charge < -0.3 is 4.18 Å². The largest absolute Gasteiger partial charge is 0.401 e. The van der Waals surface area contributed by atoms with Crippen molar-refractivity contribution in [3.63, 3.8) is 0 Å². The first-order valence-electron chi connectivity index (χ1n) is 2.97. The van der Waals surface area contributed by atoms with Gasteiger partial charge in [-0.3, -0.25) is 0 Å². The summed E-state index contributed by atoms with van der Waals surface area (Å²) in [4.78, 5) is 0. The third kappa shape index (κ3) is 3.56. The van der Waals surface area contributed by atoms with E-state index in [9.17, 15) is 17.2 Å². The van der Waals surface area contributed by atoms with Gasteiger partial charge in [-0.25, -0.2) is 8.78 Å². The highest BCUT2D eigenvalue weighted by atomic mass is 35.7. The van der Waals surface area contributed by atoms with Gasteiger partial charge >= 0.3 is 9.33 Å². The lowest BCUT2D eigenvalue weighted by atomic mass is 10.3. The average molecular weight is 229 g/mol. The van der Waals surface area contributed by atoms with Gasteiger partial charge in [-0.2, -0.15) is 8.42 Å². The van der Waals surface area contributed by atoms with Crippen LogP contribution >= 0.6 is 10.7 Å². The normalized spacial score (nSPS) is 11.3. The molecule has 0 bridgehead atoms. The summed E-state index contributed by atoms with van der Waals surface area (Å²) in [6.07, 6.45) is 0. The molecule has 0 atom stereocenters. The zero-order valence-electron chi connectivity index (χ0n) is 6.00. The monoisotopic (exact) mass is 228 g/mol. The Kier molecular flexibility index (Phi) is 2.72. The van der Waals surface area contributed by atoms with Crippen molar-refractivity contribution in [2.75, 3.05) is 0 Å². The number of rotatable bonds is 2. The molecule has 0 N–H and O–H groups in total. The number of halogens is 3. The molecule has 13 heavy (non-hydrogen) atoms. The SMILES string of the molecule is O=S(=O)(Cl)Oc1cc(F)cc(F)c1. The Labute approximate surface area is 77.5 Å². The summed E-state index contributed by atoms with van der Waals surface area (Å²) in [6, 6.07) is 1.97. The maximum Gasteiger partial charge on any atom is 0.401 e. The minimum absolute atomic E-state index is 0.507. The second kappa shape index (κ2) is 3.47. The lowest BCUT2D eigenvalue weighted by molar-refractivity contribution is 0.494. The maximum atomic E-state index is 12.4. The highest BCUT2D eigenvalue weighted by molar-refractivity contribution is 8.10. The first-order valence-corrected chi connectivity index (χ1v) is 5.20. The zero-order valence-corrected chi connectivity index (χ0v) is 7.57. The molecule has 0 spiro atoms. The summed E-state index contributed by atoms with van der Waals surface area (Å²) in [6.45, 7) is 0. The van der Waals surface area contributed by atoms with Crippen LogP contribution in [0.25, 0.3) is 0 Å². The molecule has 7 heteroatoms. The molecule has 72 valence electrons. The molecule has 0 aliphatic rings. The molecule has 0 saturated carbocycles. The van der Waals surface area contributed by atoms with E-state index in [0.717, 1.165) is 0 Å². The summed E-state index contributed by atoms with van der Waals surface area (Å²) < 4.78 is 49.6. The summed E-state index contributed by atoms with van der Waals surface area (Å²) in [5.41, 5.74) is 0. The van der Waals surface area contributed by atoms with Crippen molar-refractivity contribution in [2.24, 2.45) is 0 Å². The van der Waals surface area contributed by atoms with E-state index in [4.69, 9.17) is 0 Å². The van der Waals surface area contributed by atoms with E-state index in [2.05, 4.69) is 14.9 Å². The minimum atomic E-state index is -4.27. The van der Waals surface area contributed by atoms with Crippen molar-refractivity contribution in [1.29, 1.82) is 0 Å². The van der Waals surface area contributed by atoms with Crippen LogP contribution in [0.2, 0.25) is 0 Å². The van der Waals surface area contributed by atoms with Gasteiger partial charge in [0, 0.05) is 18.2 Å². The molecule has 0 amide bonds. The van der Waals surface area contributed by atoms with Crippen LogP contribution in [-0.4, -0.2) is 8.42 Å². The molecule has 0 aromatic heterocycles. The lowest BCUT2D eigenvalue weighted by Gasteiger charge is -2.00. The molecule has 0 aliphatic carbocycles. The van der Waals surface area contributed by atoms with E-state index < -0.39 is 26.7 Å². The van der Waals surface area contributed by atoms with Gasteiger partial charge in [-0.15, -0.1) is 0 Å². The number of hydrogen-bond acceptors (Lipinski definition) is 3. The van der Waals surface area contributed by atoms with Gasteiger partial charge in [0.2, 0.25) is 0 Å². The smallest absolute Gasteiger partial charge is 0.371 e. The van der Waals surface area contributed by atoms with Crippen molar-refractivity contribution >= 4 is 20.0 Å². The maximum absolute atomic E-state index is 12.4. The molecular formula is C6H3ClF2O3S. The van der Waals surface area contributed by atoms with Crippen LogP contribution in [-0.2, 0) is 9.33 Å². The predicted molar refractivity (Wildman–Crippen MR) is 41.8 cm³/mol. The molecule has 1 aromatic carbocycles. The fourth-order valence-electron chi connectivity index (χ4n) is 0.692. The Hall–Kier alpha value is -0.880. The van der Waals surface area contributed by atoms with Crippen LogP contribution in [0.4, 0.5) is 8.78 Å². The van der Waals surface area contributed by atoms with E-state index in [1.165, 1.54) is 0 Å². The van der Waals surface area contributed by atoms with Crippen molar-refractivity contribution in [3.8, 4) is 5.75 Å². The van der Waals surface area contributed by atoms with E-state index in [-0.39, 0.29) is 0 Å². The highest BCUT2D eigenvalue weighted by Crippen LogP contribution is 2.18. The molecule has 0 aliphatic heterocycles. The first kappa shape index (κ1) is 10.2. The van der Waals surface area contributed by atoms with E-state index in [1.54, 1.807) is 0 Å². The van der Waals surface area contributed by atoms with Crippen LogP contribution in [0.3, 0.4) is 0 Å². The molecule has 0 heterocycles. The molecule has 0 saturated heterocycles. The molecule has 1 aromatic rings. The molecule has 0 unspecified atom stereocenters. The van der Waals surface area contributed by atoms with Crippen LogP contribution in [0.1, 0.15) is 0 Å². The predicted octanol–water partition coefficient (Wildman–Crippen LogP) is 1.83. The second-order valence-corrected chi connectivity index (χ2v) is 4.17. The second-order valence-electron chi connectivity index (χ2n) is 2.08. The molecule has 0 fully saturated rings. The standard InChI is InChI=1S/C6H3ClF2O3S/c7-13(10,11)12-6-2-4(8)1-5(9)3-6/h1-3H. The summed E-state index contributed by atoms with van der Waals surface area (Å²) >= 11 is 0. The Morgan fingerprint density at radius 1 is 1.15 bits per heavy atom. The number of benzene rings is 1. The molecule has 0 radical (unpaired) electrons. The van der Waals surface area contributed by atoms with Crippen molar-refractivity contribution in [3.05, 3.63) is 29.8 Å². The van der Waals surface area contributed by atoms with Crippen molar-refractivity contribution in [2.45, 2.75) is 0 Å². The van der Waals surface area contributed by atoms with E-state index >= 15 is 0 Å². The van der Waals surface area contributed by atoms with Gasteiger partial charge in [0.25, 0.3) is 0 Å². The Morgan fingerprint density at radius 3 is 2.00 bits per heavy atom. The zero-order chi connectivity index (χ0) is 10.1. The Balaban J connectivity index is 3.03. The van der Waals surface area contributed by atoms with E-state index in [0.29, 0.717) is 18.2 Å². The van der Waals surface area contributed by atoms with Crippen LogP contribution in [0, 0.1) is 11.6 Å². The first-order chi connectivity index (χ1) is 5.87. The minimum Gasteiger partial charge on any atom is -0.371 e. The Bertz CT molecular complexity index is 398. The number of hydrogen-bond donors (Lipinski definition) is 0. The fourth-order valence-corrected chi connectivity index (χ4v) is 1.24. The van der Waals surface area contributed by atoms with Crippen molar-refractivity contribution < 1.29 is 21.4 Å². The van der Waals surface area contributed by atoms with Gasteiger partial charge in [0.1, 0.15) is 17.4 Å². The summed E-state index contributed by atoms with van der Waals surface area (Å²) in [5, 5.41) is 0. The third-order valence-electron chi connectivity index (χ3n) is 1.03. The van der Waals surface area contributed by atoms with Crippen LogP contribution in [0.15, 0.2) is 18.2 Å². The quantitative estimate of drug-likeness (QED) is 0.726. The van der Waals surface area contributed by atoms with Crippen molar-refractivity contribution in [1.82, 2.24) is 0 Å². The molecule has 3 nitrogen and oxygen atoms in total. The van der Waals surface area contributed by atoms with Crippen LogP contribution < -0.4 is 4.18 Å². The van der Waals surface area contributed by atoms with Gasteiger partial charge in [-0.1, -0.05) is 0 Å². The Morgan fingerprint density at radius 2 is 1.62 bits per heavy atom. The van der Waals surface area contributed by atoms with Crippen LogP contribution in [0.5, 0.6) is 5.75 Å². The molecular weight excluding hydrogens is 226 g/mol. The van der Waals surface area contributed by atoms with Gasteiger partial charge in [0.15, 0.2) is 0 Å². The highest BCUT2D eigenvalue weighted by Gasteiger charge is 2.09. The lowest BCUT2D eigenvalue weighted by Crippen LogP contribution is -2.00. The van der Waals surface area contributed by atoms with Gasteiger partial charge in [-0.05, 0) is 0 Å². The molecule has 1 rings (SSSR count). The summed E-state index contributed by atoms with van der Waals surface area (Å²) in [7, 11) is 0.406. The topological polar surface area (TPSA) is 43.4 Å². The third-order valence-corrected chi connectivity index (χ3v) is 1.61. The van der Waals surface area contributed by atoms with E-state index in [1.807, 2.05) is 0 Å². The average Bonchev–Trinajstić information content (AvgIpc) is 1.78. The summed E-state index contributed by atoms with van der Waals surface area (Å²) in [5.74, 6) is -2.40.